The van der Waals surface area contributed by atoms with E-state index in [2.05, 4.69) is 0 Å². The van der Waals surface area contributed by atoms with E-state index in [9.17, 15) is 19.8 Å². The van der Waals surface area contributed by atoms with Gasteiger partial charge in [0.05, 0.1) is 5.92 Å². The first kappa shape index (κ1) is 16.1. The molecule has 1 saturated heterocycles. The zero-order chi connectivity index (χ0) is 16.5. The van der Waals surface area contributed by atoms with Crippen molar-refractivity contribution in [1.29, 1.82) is 0 Å². The first-order valence-corrected chi connectivity index (χ1v) is 7.17. The minimum Gasteiger partial charge on any atom is -0.508 e. The molecule has 1 amide bonds. The van der Waals surface area contributed by atoms with Crippen LogP contribution in [0.2, 0.25) is 0 Å². The van der Waals surface area contributed by atoms with Gasteiger partial charge in [0.15, 0.2) is 0 Å². The summed E-state index contributed by atoms with van der Waals surface area (Å²) in [4.78, 5) is 25.0. The summed E-state index contributed by atoms with van der Waals surface area (Å²) in [7, 11) is 0. The number of phenolic OH excluding ortho intramolecular Hbond substituents is 1. The highest BCUT2D eigenvalue weighted by atomic mass is 16.6. The molecule has 1 aromatic carbocycles. The maximum absolute atomic E-state index is 12.1. The summed E-state index contributed by atoms with van der Waals surface area (Å²) in [5.74, 6) is -1.82. The van der Waals surface area contributed by atoms with Crippen LogP contribution in [0, 0.1) is 5.92 Å². The number of aromatic hydroxyl groups is 1. The SMILES string of the molecule is CC(C)(C)OC(=O)N1CC(C(=O)O)C(c2ccc(O)cc2)C1. The smallest absolute Gasteiger partial charge is 0.410 e. The van der Waals surface area contributed by atoms with Crippen LogP contribution in [-0.2, 0) is 9.53 Å². The fourth-order valence-electron chi connectivity index (χ4n) is 2.59. The standard InChI is InChI=1S/C16H21NO5/c1-16(2,3)22-15(21)17-8-12(13(9-17)14(19)20)10-4-6-11(18)7-5-10/h4-7,12-13,18H,8-9H2,1-3H3,(H,19,20). The molecule has 1 fully saturated rings. The number of carbonyl (C=O) groups is 2. The highest BCUT2D eigenvalue weighted by Crippen LogP contribution is 2.34. The van der Waals surface area contributed by atoms with Gasteiger partial charge in [-0.1, -0.05) is 12.1 Å². The monoisotopic (exact) mass is 307 g/mol. The Bertz CT molecular complexity index is 561. The number of aliphatic carboxylic acids is 1. The van der Waals surface area contributed by atoms with Crippen LogP contribution in [0.25, 0.3) is 0 Å². The molecule has 2 N–H and O–H groups in total. The lowest BCUT2D eigenvalue weighted by Gasteiger charge is -2.24. The third kappa shape index (κ3) is 3.69. The summed E-state index contributed by atoms with van der Waals surface area (Å²) in [6, 6.07) is 6.41. The first-order valence-electron chi connectivity index (χ1n) is 7.17. The molecule has 1 aliphatic heterocycles. The van der Waals surface area contributed by atoms with Crippen molar-refractivity contribution < 1.29 is 24.5 Å². The van der Waals surface area contributed by atoms with E-state index in [0.29, 0.717) is 0 Å². The number of hydrogen-bond acceptors (Lipinski definition) is 4. The lowest BCUT2D eigenvalue weighted by atomic mass is 9.89. The van der Waals surface area contributed by atoms with Gasteiger partial charge in [0.2, 0.25) is 0 Å². The van der Waals surface area contributed by atoms with Gasteiger partial charge in [-0.05, 0) is 38.5 Å². The molecule has 0 aliphatic carbocycles. The van der Waals surface area contributed by atoms with Gasteiger partial charge in [-0.25, -0.2) is 4.79 Å². The number of benzene rings is 1. The number of amides is 1. The second kappa shape index (κ2) is 5.87. The third-order valence-electron chi connectivity index (χ3n) is 3.61. The highest BCUT2D eigenvalue weighted by Gasteiger charge is 2.41. The third-order valence-corrected chi connectivity index (χ3v) is 3.61. The van der Waals surface area contributed by atoms with Crippen molar-refractivity contribution in [2.75, 3.05) is 13.1 Å². The Morgan fingerprint density at radius 2 is 1.77 bits per heavy atom. The summed E-state index contributed by atoms with van der Waals surface area (Å²) < 4.78 is 5.31. The van der Waals surface area contributed by atoms with Crippen LogP contribution in [0.3, 0.4) is 0 Å². The van der Waals surface area contributed by atoms with E-state index in [1.165, 1.54) is 17.0 Å². The molecule has 0 radical (unpaired) electrons. The van der Waals surface area contributed by atoms with Crippen LogP contribution in [0.1, 0.15) is 32.3 Å². The molecule has 1 aliphatic rings. The molecule has 6 nitrogen and oxygen atoms in total. The predicted octanol–water partition coefficient (Wildman–Crippen LogP) is 2.43. The Kier molecular flexibility index (Phi) is 4.30. The van der Waals surface area contributed by atoms with Crippen molar-refractivity contribution >= 4 is 12.1 Å². The first-order chi connectivity index (χ1) is 10.2. The van der Waals surface area contributed by atoms with Crippen molar-refractivity contribution in [3.05, 3.63) is 29.8 Å². The van der Waals surface area contributed by atoms with Crippen LogP contribution in [0.4, 0.5) is 4.79 Å². The van der Waals surface area contributed by atoms with Crippen molar-refractivity contribution in [2.45, 2.75) is 32.3 Å². The molecule has 2 rings (SSSR count). The number of hydrogen-bond donors (Lipinski definition) is 2. The highest BCUT2D eigenvalue weighted by molar-refractivity contribution is 5.76. The Labute approximate surface area is 129 Å². The van der Waals surface area contributed by atoms with Gasteiger partial charge in [0, 0.05) is 19.0 Å². The number of carboxylic acid groups (broad SMARTS) is 1. The van der Waals surface area contributed by atoms with Gasteiger partial charge in [-0.15, -0.1) is 0 Å². The number of carboxylic acids is 1. The molecule has 0 saturated carbocycles. The van der Waals surface area contributed by atoms with E-state index < -0.39 is 23.6 Å². The maximum atomic E-state index is 12.1. The molecule has 6 heteroatoms. The van der Waals surface area contributed by atoms with Crippen molar-refractivity contribution in [2.24, 2.45) is 5.92 Å². The van der Waals surface area contributed by atoms with E-state index in [4.69, 9.17) is 4.74 Å². The van der Waals surface area contributed by atoms with Crippen LogP contribution in [-0.4, -0.2) is 45.9 Å². The van der Waals surface area contributed by atoms with E-state index in [0.717, 1.165) is 5.56 Å². The molecule has 2 atom stereocenters. The summed E-state index contributed by atoms with van der Waals surface area (Å²) in [5.41, 5.74) is 0.170. The number of nitrogens with zero attached hydrogens (tertiary/aromatic N) is 1. The fraction of sp³-hybridized carbons (Fsp3) is 0.500. The summed E-state index contributed by atoms with van der Waals surface area (Å²) in [6.45, 7) is 5.72. The average molecular weight is 307 g/mol. The van der Waals surface area contributed by atoms with Gasteiger partial charge >= 0.3 is 12.1 Å². The fourth-order valence-corrected chi connectivity index (χ4v) is 2.59. The topological polar surface area (TPSA) is 87.1 Å². The molecular formula is C16H21NO5. The second-order valence-electron chi connectivity index (χ2n) is 6.53. The maximum Gasteiger partial charge on any atom is 0.410 e. The normalized spacial score (nSPS) is 21.7. The lowest BCUT2D eigenvalue weighted by Crippen LogP contribution is -2.35. The minimum absolute atomic E-state index is 0.121. The minimum atomic E-state index is -0.941. The Morgan fingerprint density at radius 1 is 1.18 bits per heavy atom. The summed E-state index contributed by atoms with van der Waals surface area (Å²) >= 11 is 0. The zero-order valence-electron chi connectivity index (χ0n) is 12.9. The van der Waals surface area contributed by atoms with E-state index >= 15 is 0 Å². The zero-order valence-corrected chi connectivity index (χ0v) is 12.9. The Balaban J connectivity index is 2.18. The van der Waals surface area contributed by atoms with E-state index in [1.54, 1.807) is 32.9 Å². The van der Waals surface area contributed by atoms with Crippen LogP contribution >= 0.6 is 0 Å². The van der Waals surface area contributed by atoms with E-state index in [-0.39, 0.29) is 24.8 Å². The van der Waals surface area contributed by atoms with Gasteiger partial charge in [-0.2, -0.15) is 0 Å². The molecule has 1 heterocycles. The molecule has 22 heavy (non-hydrogen) atoms. The summed E-state index contributed by atoms with van der Waals surface area (Å²) in [5, 5.41) is 18.7. The van der Waals surface area contributed by atoms with Crippen molar-refractivity contribution in [1.82, 2.24) is 4.90 Å². The van der Waals surface area contributed by atoms with Gasteiger partial charge in [0.1, 0.15) is 11.4 Å². The van der Waals surface area contributed by atoms with Crippen molar-refractivity contribution in [3.63, 3.8) is 0 Å². The quantitative estimate of drug-likeness (QED) is 0.876. The van der Waals surface area contributed by atoms with Crippen molar-refractivity contribution in [3.8, 4) is 5.75 Å². The molecule has 0 bridgehead atoms. The molecule has 0 spiro atoms. The number of ether oxygens (including phenoxy) is 1. The van der Waals surface area contributed by atoms with Gasteiger partial charge < -0.3 is 19.8 Å². The largest absolute Gasteiger partial charge is 0.508 e. The Morgan fingerprint density at radius 3 is 2.27 bits per heavy atom. The number of likely N-dealkylation sites (tertiary alicyclic amines) is 1. The number of rotatable bonds is 2. The van der Waals surface area contributed by atoms with Crippen LogP contribution in [0.5, 0.6) is 5.75 Å². The van der Waals surface area contributed by atoms with E-state index in [1.807, 2.05) is 0 Å². The molecular weight excluding hydrogens is 286 g/mol. The van der Waals surface area contributed by atoms with Crippen LogP contribution < -0.4 is 0 Å². The second-order valence-corrected chi connectivity index (χ2v) is 6.53. The Hall–Kier alpha value is -2.24. The average Bonchev–Trinajstić information content (AvgIpc) is 2.83. The molecule has 120 valence electrons. The van der Waals surface area contributed by atoms with Crippen LogP contribution in [0.15, 0.2) is 24.3 Å². The molecule has 0 aromatic heterocycles. The number of carbonyl (C=O) groups excluding carboxylic acids is 1. The van der Waals surface area contributed by atoms with Gasteiger partial charge in [-0.3, -0.25) is 4.79 Å². The van der Waals surface area contributed by atoms with Gasteiger partial charge in [0.25, 0.3) is 0 Å². The number of phenols is 1. The summed E-state index contributed by atoms with van der Waals surface area (Å²) in [6.07, 6.45) is -0.500. The molecule has 2 unspecified atom stereocenters. The predicted molar refractivity (Wildman–Crippen MR) is 79.8 cm³/mol. The molecule has 1 aromatic rings. The lowest BCUT2D eigenvalue weighted by molar-refractivity contribution is -0.141.